The molecule has 0 fully saturated rings. The van der Waals surface area contributed by atoms with Gasteiger partial charge in [0.1, 0.15) is 0 Å². The standard InChI is InChI=1S/C65H123NO5/c1-3-5-7-9-11-13-15-17-35-39-43-47-51-55-59-65(70)71-60-56-52-48-44-40-36-32-30-28-26-24-22-20-18-19-21-23-25-27-29-31-34-38-42-46-50-54-58-64(69)66-62(61-67)63(68)57-53-49-45-41-37-33-16-14-12-10-8-6-4-2/h9,11,15,17,53,57,62-63,67-68H,3-8,10,12-14,16,18-52,54-56,58-61H2,1-2H3,(H,66,69)/b11-9-,17-15-,57-53+. The highest BCUT2D eigenvalue weighted by atomic mass is 16.5. The third kappa shape index (κ3) is 57.2. The van der Waals surface area contributed by atoms with Crippen molar-refractivity contribution in [1.29, 1.82) is 0 Å². The number of ether oxygens (including phenoxy) is 1. The van der Waals surface area contributed by atoms with E-state index < -0.39 is 12.1 Å². The first-order chi connectivity index (χ1) is 35.0. The lowest BCUT2D eigenvalue weighted by Gasteiger charge is -2.20. The van der Waals surface area contributed by atoms with Gasteiger partial charge in [-0.15, -0.1) is 0 Å². The molecule has 0 aliphatic rings. The van der Waals surface area contributed by atoms with Gasteiger partial charge in [-0.05, 0) is 57.8 Å². The van der Waals surface area contributed by atoms with Crippen LogP contribution in [-0.4, -0.2) is 47.4 Å². The van der Waals surface area contributed by atoms with Gasteiger partial charge in [-0.25, -0.2) is 0 Å². The normalized spacial score (nSPS) is 12.8. The van der Waals surface area contributed by atoms with Crippen LogP contribution in [0, 0.1) is 0 Å². The molecule has 0 radical (unpaired) electrons. The Hall–Kier alpha value is -1.92. The molecule has 0 bridgehead atoms. The Morgan fingerprint density at radius 2 is 0.718 bits per heavy atom. The van der Waals surface area contributed by atoms with Gasteiger partial charge in [-0.1, -0.05) is 307 Å². The molecule has 1 amide bonds. The van der Waals surface area contributed by atoms with E-state index in [4.69, 9.17) is 4.74 Å². The predicted molar refractivity (Wildman–Crippen MR) is 310 cm³/mol. The molecule has 3 N–H and O–H groups in total. The van der Waals surface area contributed by atoms with E-state index in [1.165, 1.54) is 263 Å². The fourth-order valence-electron chi connectivity index (χ4n) is 9.77. The van der Waals surface area contributed by atoms with Crippen LogP contribution in [0.5, 0.6) is 0 Å². The van der Waals surface area contributed by atoms with E-state index in [1.807, 2.05) is 6.08 Å². The summed E-state index contributed by atoms with van der Waals surface area (Å²) in [5.41, 5.74) is 0. The molecule has 0 heterocycles. The lowest BCUT2D eigenvalue weighted by molar-refractivity contribution is -0.143. The van der Waals surface area contributed by atoms with E-state index >= 15 is 0 Å². The monoisotopic (exact) mass is 998 g/mol. The number of rotatable bonds is 59. The van der Waals surface area contributed by atoms with Gasteiger partial charge in [0, 0.05) is 12.8 Å². The maximum atomic E-state index is 12.5. The molecule has 0 aromatic heterocycles. The molecule has 0 aromatic carbocycles. The number of aliphatic hydroxyl groups excluding tert-OH is 2. The minimum atomic E-state index is -0.842. The van der Waals surface area contributed by atoms with Gasteiger partial charge in [0.2, 0.25) is 5.91 Å². The molecule has 418 valence electrons. The second kappa shape index (κ2) is 60.6. The van der Waals surface area contributed by atoms with Crippen molar-refractivity contribution in [2.24, 2.45) is 0 Å². The molecule has 0 aliphatic carbocycles. The lowest BCUT2D eigenvalue weighted by atomic mass is 10.0. The summed E-state index contributed by atoms with van der Waals surface area (Å²) in [6, 6.07) is -0.625. The van der Waals surface area contributed by atoms with Crippen LogP contribution < -0.4 is 5.32 Å². The van der Waals surface area contributed by atoms with Crippen LogP contribution in [0.4, 0.5) is 0 Å². The fourth-order valence-corrected chi connectivity index (χ4v) is 9.77. The summed E-state index contributed by atoms with van der Waals surface area (Å²) in [6.07, 6.45) is 76.3. The summed E-state index contributed by atoms with van der Waals surface area (Å²) in [5.74, 6) is -0.0618. The summed E-state index contributed by atoms with van der Waals surface area (Å²) >= 11 is 0. The zero-order valence-corrected chi connectivity index (χ0v) is 47.7. The van der Waals surface area contributed by atoms with Gasteiger partial charge >= 0.3 is 5.97 Å². The number of unbranched alkanes of at least 4 members (excludes halogenated alkanes) is 44. The van der Waals surface area contributed by atoms with E-state index in [2.05, 4.69) is 43.5 Å². The SMILES string of the molecule is CCCC/C=C\C/C=C\CCCCCCCC(=O)OCCCCCCCCCCCCCCCCCCCCCCCCCCCCCC(=O)NC(CO)C(O)/C=C/CCCCCCCCCCCCC. The topological polar surface area (TPSA) is 95.9 Å². The van der Waals surface area contributed by atoms with E-state index in [0.717, 1.165) is 51.4 Å². The van der Waals surface area contributed by atoms with Crippen molar-refractivity contribution in [1.82, 2.24) is 5.32 Å². The number of hydrogen-bond acceptors (Lipinski definition) is 5. The first-order valence-corrected chi connectivity index (χ1v) is 31.8. The Morgan fingerprint density at radius 1 is 0.394 bits per heavy atom. The molecule has 6 heteroatoms. The molecule has 6 nitrogen and oxygen atoms in total. The van der Waals surface area contributed by atoms with Gasteiger partial charge in [0.05, 0.1) is 25.4 Å². The van der Waals surface area contributed by atoms with Gasteiger partial charge in [0.15, 0.2) is 0 Å². The average molecular weight is 999 g/mol. The zero-order chi connectivity index (χ0) is 51.4. The summed E-state index contributed by atoms with van der Waals surface area (Å²) in [4.78, 5) is 24.5. The molecule has 2 unspecified atom stereocenters. The Kier molecular flexibility index (Phi) is 59.0. The third-order valence-electron chi connectivity index (χ3n) is 14.7. The van der Waals surface area contributed by atoms with Crippen LogP contribution in [0.3, 0.4) is 0 Å². The fraction of sp³-hybridized carbons (Fsp3) is 0.877. The van der Waals surface area contributed by atoms with Crippen molar-refractivity contribution in [3.05, 3.63) is 36.5 Å². The quantitative estimate of drug-likeness (QED) is 0.0321. The van der Waals surface area contributed by atoms with Gasteiger partial charge in [-0.2, -0.15) is 0 Å². The van der Waals surface area contributed by atoms with Crippen LogP contribution in [0.25, 0.3) is 0 Å². The minimum Gasteiger partial charge on any atom is -0.466 e. The van der Waals surface area contributed by atoms with Crippen LogP contribution in [0.2, 0.25) is 0 Å². The van der Waals surface area contributed by atoms with Crippen molar-refractivity contribution in [2.45, 2.75) is 353 Å². The summed E-state index contributed by atoms with van der Waals surface area (Å²) in [6.45, 7) is 4.87. The lowest BCUT2D eigenvalue weighted by Crippen LogP contribution is -2.45. The minimum absolute atomic E-state index is 0.00296. The second-order valence-corrected chi connectivity index (χ2v) is 21.7. The third-order valence-corrected chi connectivity index (χ3v) is 14.7. The van der Waals surface area contributed by atoms with Crippen LogP contribution >= 0.6 is 0 Å². The molecule has 0 saturated carbocycles. The van der Waals surface area contributed by atoms with Crippen LogP contribution in [-0.2, 0) is 14.3 Å². The molecular formula is C65H123NO5. The average Bonchev–Trinajstić information content (AvgIpc) is 3.37. The Balaban J connectivity index is 3.36. The van der Waals surface area contributed by atoms with Crippen molar-refractivity contribution in [2.75, 3.05) is 13.2 Å². The van der Waals surface area contributed by atoms with E-state index in [0.29, 0.717) is 19.4 Å². The van der Waals surface area contributed by atoms with Crippen LogP contribution in [0.1, 0.15) is 341 Å². The molecule has 0 saturated heterocycles. The van der Waals surface area contributed by atoms with Gasteiger partial charge in [-0.3, -0.25) is 9.59 Å². The Morgan fingerprint density at radius 3 is 1.11 bits per heavy atom. The summed E-state index contributed by atoms with van der Waals surface area (Å²) in [5, 5.41) is 23.1. The van der Waals surface area contributed by atoms with Crippen molar-refractivity contribution >= 4 is 11.9 Å². The maximum Gasteiger partial charge on any atom is 0.305 e. The van der Waals surface area contributed by atoms with Gasteiger partial charge < -0.3 is 20.3 Å². The number of esters is 1. The van der Waals surface area contributed by atoms with E-state index in [1.54, 1.807) is 6.08 Å². The number of aliphatic hydroxyl groups is 2. The molecule has 71 heavy (non-hydrogen) atoms. The number of hydrogen-bond donors (Lipinski definition) is 3. The summed E-state index contributed by atoms with van der Waals surface area (Å²) < 4.78 is 5.48. The zero-order valence-electron chi connectivity index (χ0n) is 47.7. The maximum absolute atomic E-state index is 12.5. The highest BCUT2D eigenvalue weighted by Crippen LogP contribution is 2.18. The van der Waals surface area contributed by atoms with Crippen molar-refractivity contribution in [3.63, 3.8) is 0 Å². The Bertz CT molecular complexity index is 1150. The first-order valence-electron chi connectivity index (χ1n) is 31.8. The molecule has 0 aromatic rings. The van der Waals surface area contributed by atoms with E-state index in [-0.39, 0.29) is 18.5 Å². The number of allylic oxidation sites excluding steroid dienone is 5. The first kappa shape index (κ1) is 69.1. The smallest absolute Gasteiger partial charge is 0.305 e. The highest BCUT2D eigenvalue weighted by Gasteiger charge is 2.18. The van der Waals surface area contributed by atoms with Crippen molar-refractivity contribution in [3.8, 4) is 0 Å². The number of amides is 1. The van der Waals surface area contributed by atoms with E-state index in [9.17, 15) is 19.8 Å². The number of nitrogens with one attached hydrogen (secondary N) is 1. The molecule has 0 spiro atoms. The van der Waals surface area contributed by atoms with Gasteiger partial charge in [0.25, 0.3) is 0 Å². The predicted octanol–water partition coefficient (Wildman–Crippen LogP) is 20.0. The summed E-state index contributed by atoms with van der Waals surface area (Å²) in [7, 11) is 0. The van der Waals surface area contributed by atoms with Crippen molar-refractivity contribution < 1.29 is 24.5 Å². The second-order valence-electron chi connectivity index (χ2n) is 21.7. The highest BCUT2D eigenvalue weighted by molar-refractivity contribution is 5.76. The largest absolute Gasteiger partial charge is 0.466 e. The number of carbonyl (C=O) groups is 2. The molecular weight excluding hydrogens is 875 g/mol. The molecule has 0 rings (SSSR count). The number of carbonyl (C=O) groups excluding carboxylic acids is 2. The molecule has 2 atom stereocenters. The Labute approximate surface area is 443 Å². The molecule has 0 aliphatic heterocycles. The van der Waals surface area contributed by atoms with Crippen LogP contribution in [0.15, 0.2) is 36.5 Å².